The van der Waals surface area contributed by atoms with E-state index in [0.717, 1.165) is 22.6 Å². The molecule has 0 aromatic heterocycles. The summed E-state index contributed by atoms with van der Waals surface area (Å²) >= 11 is 0. The van der Waals surface area contributed by atoms with Gasteiger partial charge in [0.2, 0.25) is 11.6 Å². The number of esters is 1. The molecular weight excluding hydrogens is 576 g/mol. The fourth-order valence-corrected chi connectivity index (χ4v) is 5.87. The summed E-state index contributed by atoms with van der Waals surface area (Å²) in [7, 11) is -4.62. The number of nitrogens with zero attached hydrogens (tertiary/aromatic N) is 4. The lowest BCUT2D eigenvalue weighted by Gasteiger charge is -2.31. The number of aliphatic hydroxyl groups excluding tert-OH is 1. The maximum atomic E-state index is 15.3. The molecule has 14 nitrogen and oxygen atoms in total. The predicted molar refractivity (Wildman–Crippen MR) is 145 cm³/mol. The van der Waals surface area contributed by atoms with E-state index in [1.165, 1.54) is 13.0 Å². The van der Waals surface area contributed by atoms with Gasteiger partial charge in [0, 0.05) is 16.5 Å². The first-order valence-corrected chi connectivity index (χ1v) is 14.4. The second-order valence-electron chi connectivity index (χ2n) is 9.87. The topological polar surface area (TPSA) is 189 Å². The highest BCUT2D eigenvalue weighted by Gasteiger charge is 2.59. The molecule has 2 N–H and O–H groups in total. The lowest BCUT2D eigenvalue weighted by Crippen LogP contribution is -2.45. The second kappa shape index (κ2) is 12.6. The van der Waals surface area contributed by atoms with Crippen molar-refractivity contribution in [2.75, 3.05) is 6.61 Å². The van der Waals surface area contributed by atoms with Crippen LogP contribution in [0.1, 0.15) is 27.2 Å². The molecule has 4 rings (SSSR count). The Bertz CT molecular complexity index is 1490. The number of ether oxygens (including phenoxy) is 2. The van der Waals surface area contributed by atoms with Crippen LogP contribution in [0.4, 0.5) is 4.39 Å². The SMILES string of the molecule is CC(C)OC(=O)[C@H](C)NP(=O)(OC[C@@]1(N=[N+]=[N-])O[C@@H](N2C=CC(=O)CC2=O)[C@H](F)[C@@H]1O)Oc1cccc2ccccc12. The summed E-state index contributed by atoms with van der Waals surface area (Å²) < 4.78 is 51.6. The van der Waals surface area contributed by atoms with Crippen molar-refractivity contribution in [3.05, 3.63) is 65.2 Å². The number of benzene rings is 2. The highest BCUT2D eigenvalue weighted by atomic mass is 31.2. The van der Waals surface area contributed by atoms with Gasteiger partial charge in [0.25, 0.3) is 0 Å². The monoisotopic (exact) mass is 605 g/mol. The van der Waals surface area contributed by atoms with Crippen LogP contribution in [-0.2, 0) is 32.9 Å². The standard InChI is InChI=1S/C26H29FN5O9P/c1-15(2)39-25(36)16(3)29-42(37,41-20-10-6-8-17-7-4-5-9-19(17)20)38-14-26(30-31-28)23(35)22(27)24(40-26)32-12-11-18(33)13-21(32)34/h4-12,15-16,22-24,35H,13-14H2,1-3H3,(H,29,37)/t16-,22+,23-,24+,26+,42?/m0/s1. The molecule has 0 spiro atoms. The number of rotatable bonds is 11. The van der Waals surface area contributed by atoms with Crippen molar-refractivity contribution in [3.8, 4) is 5.75 Å². The van der Waals surface area contributed by atoms with Crippen LogP contribution in [0.25, 0.3) is 21.2 Å². The van der Waals surface area contributed by atoms with Crippen LogP contribution in [-0.4, -0.2) is 70.6 Å². The molecule has 0 saturated carbocycles. The smallest absolute Gasteiger partial charge is 0.459 e. The molecule has 0 aliphatic carbocycles. The average Bonchev–Trinajstić information content (AvgIpc) is 3.17. The van der Waals surface area contributed by atoms with E-state index in [4.69, 9.17) is 18.5 Å². The number of amides is 1. The first-order valence-electron chi connectivity index (χ1n) is 12.9. The molecule has 0 radical (unpaired) electrons. The van der Waals surface area contributed by atoms with Gasteiger partial charge < -0.3 is 19.1 Å². The summed E-state index contributed by atoms with van der Waals surface area (Å²) in [6.07, 6.45) is -5.37. The summed E-state index contributed by atoms with van der Waals surface area (Å²) in [4.78, 5) is 39.8. The van der Waals surface area contributed by atoms with Gasteiger partial charge in [0.15, 0.2) is 18.2 Å². The Morgan fingerprint density at radius 2 is 2.00 bits per heavy atom. The van der Waals surface area contributed by atoms with Gasteiger partial charge in [-0.1, -0.05) is 41.5 Å². The zero-order chi connectivity index (χ0) is 30.7. The molecule has 2 aliphatic rings. The molecule has 0 bridgehead atoms. The number of allylic oxidation sites excluding steroid dienone is 1. The van der Waals surface area contributed by atoms with Crippen molar-refractivity contribution >= 4 is 36.2 Å². The van der Waals surface area contributed by atoms with Crippen LogP contribution in [0.3, 0.4) is 0 Å². The van der Waals surface area contributed by atoms with Gasteiger partial charge in [-0.25, -0.2) is 8.96 Å². The molecule has 2 aromatic rings. The third-order valence-corrected chi connectivity index (χ3v) is 7.96. The minimum atomic E-state index is -4.62. The van der Waals surface area contributed by atoms with Gasteiger partial charge in [-0.3, -0.25) is 23.8 Å². The van der Waals surface area contributed by atoms with Crippen molar-refractivity contribution in [1.29, 1.82) is 0 Å². The molecule has 1 amide bonds. The minimum absolute atomic E-state index is 0.0917. The first kappa shape index (κ1) is 31.1. The van der Waals surface area contributed by atoms with Gasteiger partial charge >= 0.3 is 13.7 Å². The predicted octanol–water partition coefficient (Wildman–Crippen LogP) is 3.65. The van der Waals surface area contributed by atoms with Crippen LogP contribution < -0.4 is 9.61 Å². The summed E-state index contributed by atoms with van der Waals surface area (Å²) in [5.41, 5.74) is 6.71. The van der Waals surface area contributed by atoms with Crippen LogP contribution >= 0.6 is 7.75 Å². The Balaban J connectivity index is 1.65. The average molecular weight is 606 g/mol. The first-order chi connectivity index (χ1) is 19.9. The van der Waals surface area contributed by atoms with E-state index in [2.05, 4.69) is 15.1 Å². The fourth-order valence-electron chi connectivity index (χ4n) is 4.33. The molecule has 2 aromatic carbocycles. The molecule has 2 aliphatic heterocycles. The molecule has 1 saturated heterocycles. The maximum absolute atomic E-state index is 15.3. The maximum Gasteiger partial charge on any atom is 0.459 e. The summed E-state index contributed by atoms with van der Waals surface area (Å²) in [5, 5.41) is 17.9. The van der Waals surface area contributed by atoms with Crippen LogP contribution in [0.2, 0.25) is 0 Å². The van der Waals surface area contributed by atoms with Gasteiger partial charge in [0.05, 0.1) is 19.1 Å². The number of aliphatic hydroxyl groups is 1. The number of ketones is 1. The van der Waals surface area contributed by atoms with Crippen LogP contribution in [0, 0.1) is 0 Å². The molecule has 1 fully saturated rings. The van der Waals surface area contributed by atoms with E-state index < -0.39 is 74.8 Å². The van der Waals surface area contributed by atoms with Crippen molar-refractivity contribution < 1.29 is 47.0 Å². The largest absolute Gasteiger partial charge is 0.462 e. The van der Waals surface area contributed by atoms with E-state index in [9.17, 15) is 29.6 Å². The lowest BCUT2D eigenvalue weighted by atomic mass is 10.1. The Labute approximate surface area is 239 Å². The van der Waals surface area contributed by atoms with Crippen LogP contribution in [0.5, 0.6) is 5.75 Å². The van der Waals surface area contributed by atoms with E-state index >= 15 is 4.39 Å². The fraction of sp³-hybridized carbons (Fsp3) is 0.423. The Hall–Kier alpha value is -3.84. The van der Waals surface area contributed by atoms with Crippen molar-refractivity contribution in [1.82, 2.24) is 9.99 Å². The zero-order valence-electron chi connectivity index (χ0n) is 22.8. The number of fused-ring (bicyclic) bond motifs is 1. The lowest BCUT2D eigenvalue weighted by molar-refractivity contribution is -0.157. The van der Waals surface area contributed by atoms with Crippen molar-refractivity contribution in [2.24, 2.45) is 5.11 Å². The van der Waals surface area contributed by atoms with Crippen molar-refractivity contribution in [3.63, 3.8) is 0 Å². The number of halogens is 1. The van der Waals surface area contributed by atoms with Crippen LogP contribution in [0.15, 0.2) is 59.9 Å². The number of azide groups is 1. The highest BCUT2D eigenvalue weighted by Crippen LogP contribution is 2.49. The molecule has 2 heterocycles. The Kier molecular flexibility index (Phi) is 9.31. The number of hydrogen-bond acceptors (Lipinski definition) is 10. The van der Waals surface area contributed by atoms with E-state index in [1.54, 1.807) is 50.2 Å². The van der Waals surface area contributed by atoms with Gasteiger partial charge in [0.1, 0.15) is 17.9 Å². The van der Waals surface area contributed by atoms with E-state index in [0.29, 0.717) is 5.39 Å². The minimum Gasteiger partial charge on any atom is -0.462 e. The quantitative estimate of drug-likeness (QED) is 0.0955. The van der Waals surface area contributed by atoms with Gasteiger partial charge in [-0.15, -0.1) is 0 Å². The highest BCUT2D eigenvalue weighted by molar-refractivity contribution is 7.52. The number of carbonyl (C=O) groups is 3. The normalized spacial score (nSPS) is 26.1. The third-order valence-electron chi connectivity index (χ3n) is 6.35. The molecule has 6 atom stereocenters. The second-order valence-corrected chi connectivity index (χ2v) is 11.6. The molecular formula is C26H29FN5O9P. The zero-order valence-corrected chi connectivity index (χ0v) is 23.7. The Morgan fingerprint density at radius 1 is 1.29 bits per heavy atom. The number of nitrogens with one attached hydrogen (secondary N) is 1. The number of hydrogen-bond donors (Lipinski definition) is 2. The third kappa shape index (κ3) is 6.62. The van der Waals surface area contributed by atoms with Crippen molar-refractivity contribution in [2.45, 2.75) is 63.6 Å². The molecule has 42 heavy (non-hydrogen) atoms. The Morgan fingerprint density at radius 3 is 2.69 bits per heavy atom. The number of alkyl halides is 1. The summed E-state index contributed by atoms with van der Waals surface area (Å²) in [5.74, 6) is -2.03. The molecule has 1 unspecified atom stereocenters. The molecule has 224 valence electrons. The van der Waals surface area contributed by atoms with E-state index in [1.807, 2.05) is 0 Å². The van der Waals surface area contributed by atoms with E-state index in [-0.39, 0.29) is 5.75 Å². The summed E-state index contributed by atoms with van der Waals surface area (Å²) in [6.45, 7) is 3.55. The van der Waals surface area contributed by atoms with Gasteiger partial charge in [-0.05, 0) is 43.8 Å². The number of carbonyl (C=O) groups excluding carboxylic acids is 3. The summed E-state index contributed by atoms with van der Waals surface area (Å²) in [6, 6.07) is 10.7. The van der Waals surface area contributed by atoms with Gasteiger partial charge in [-0.2, -0.15) is 5.09 Å². The molecule has 16 heteroatoms.